The lowest BCUT2D eigenvalue weighted by Gasteiger charge is -2.43. The second-order valence-electron chi connectivity index (χ2n) is 7.04. The van der Waals surface area contributed by atoms with Crippen molar-refractivity contribution < 1.29 is 14.3 Å². The molecule has 0 aliphatic carbocycles. The van der Waals surface area contributed by atoms with Gasteiger partial charge in [0.05, 0.1) is 12.6 Å². The van der Waals surface area contributed by atoms with Crippen molar-refractivity contribution in [3.8, 4) is 0 Å². The van der Waals surface area contributed by atoms with Gasteiger partial charge in [-0.15, -0.1) is 0 Å². The minimum atomic E-state index is -1.23. The zero-order valence-electron chi connectivity index (χ0n) is 15.4. The van der Waals surface area contributed by atoms with E-state index >= 15 is 0 Å². The van der Waals surface area contributed by atoms with Crippen molar-refractivity contribution in [1.29, 1.82) is 0 Å². The van der Waals surface area contributed by atoms with E-state index in [1.807, 2.05) is 65.6 Å². The number of hydrogen-bond acceptors (Lipinski definition) is 4. The van der Waals surface area contributed by atoms with Gasteiger partial charge in [0.15, 0.2) is 11.3 Å². The highest BCUT2D eigenvalue weighted by molar-refractivity contribution is 6.12. The molecule has 2 aromatic carbocycles. The van der Waals surface area contributed by atoms with Gasteiger partial charge < -0.3 is 4.74 Å². The molecule has 1 saturated heterocycles. The normalized spacial score (nSPS) is 25.0. The molecule has 0 N–H and O–H groups in total. The zero-order chi connectivity index (χ0) is 18.9. The van der Waals surface area contributed by atoms with Gasteiger partial charge in [0.2, 0.25) is 0 Å². The van der Waals surface area contributed by atoms with Gasteiger partial charge in [-0.2, -0.15) is 0 Å². The Hall–Kier alpha value is -2.72. The number of ketones is 1. The number of esters is 1. The van der Waals surface area contributed by atoms with Gasteiger partial charge in [-0.1, -0.05) is 66.7 Å². The number of nitrogens with zero attached hydrogens (tertiary/aromatic N) is 1. The van der Waals surface area contributed by atoms with Gasteiger partial charge in [-0.3, -0.25) is 9.69 Å². The summed E-state index contributed by atoms with van der Waals surface area (Å²) < 4.78 is 5.40. The molecule has 2 aliphatic rings. The molecule has 138 valence electrons. The molecule has 2 heterocycles. The Bertz CT molecular complexity index is 875. The average molecular weight is 361 g/mol. The maximum atomic E-state index is 13.1. The van der Waals surface area contributed by atoms with Crippen molar-refractivity contribution in [2.24, 2.45) is 0 Å². The highest BCUT2D eigenvalue weighted by Gasteiger charge is 2.59. The molecular weight excluding hydrogens is 338 g/mol. The molecule has 0 radical (unpaired) electrons. The lowest BCUT2D eigenvalue weighted by atomic mass is 9.79. The Morgan fingerprint density at radius 2 is 1.78 bits per heavy atom. The number of fused-ring (bicyclic) bond motifs is 1. The summed E-state index contributed by atoms with van der Waals surface area (Å²) in [6, 6.07) is 19.9. The smallest absolute Gasteiger partial charge is 0.334 e. The molecule has 0 unspecified atom stereocenters. The van der Waals surface area contributed by atoms with Crippen molar-refractivity contribution >= 4 is 17.3 Å². The third-order valence-electron chi connectivity index (χ3n) is 5.57. The molecule has 27 heavy (non-hydrogen) atoms. The lowest BCUT2D eigenvalue weighted by molar-refractivity contribution is -0.160. The summed E-state index contributed by atoms with van der Waals surface area (Å²) in [5.74, 6) is -0.460. The first kappa shape index (κ1) is 17.7. The van der Waals surface area contributed by atoms with E-state index in [1.54, 1.807) is 6.92 Å². The van der Waals surface area contributed by atoms with Crippen molar-refractivity contribution in [2.75, 3.05) is 13.2 Å². The highest BCUT2D eigenvalue weighted by Crippen LogP contribution is 2.47. The van der Waals surface area contributed by atoms with Crippen LogP contribution < -0.4 is 0 Å². The molecule has 0 saturated carbocycles. The zero-order valence-corrected chi connectivity index (χ0v) is 15.4. The van der Waals surface area contributed by atoms with E-state index in [4.69, 9.17) is 4.74 Å². The maximum Gasteiger partial charge on any atom is 0.334 e. The van der Waals surface area contributed by atoms with E-state index in [0.29, 0.717) is 19.4 Å². The number of ether oxygens (including phenoxy) is 1. The first-order valence-corrected chi connectivity index (χ1v) is 9.45. The molecule has 2 atom stereocenters. The standard InChI is InChI=1S/C23H23NO3/c1-2-27-22(26)23-16-19(17-9-5-3-6-10-17)15-20(18-11-7-4-8-12-18)24(23)14-13-21(23)25/h3-12,15,20H,2,13-14,16H2,1H3/t20-,23+/m1/s1. The van der Waals surface area contributed by atoms with Crippen LogP contribution in [0.15, 0.2) is 66.7 Å². The van der Waals surface area contributed by atoms with Crippen molar-refractivity contribution in [3.63, 3.8) is 0 Å². The van der Waals surface area contributed by atoms with Crippen LogP contribution in [0.25, 0.3) is 5.57 Å². The Kier molecular flexibility index (Phi) is 4.66. The molecule has 0 bridgehead atoms. The highest BCUT2D eigenvalue weighted by atomic mass is 16.5. The first-order valence-electron chi connectivity index (χ1n) is 9.45. The monoisotopic (exact) mass is 361 g/mol. The van der Waals surface area contributed by atoms with E-state index in [0.717, 1.165) is 16.7 Å². The van der Waals surface area contributed by atoms with E-state index in [1.165, 1.54) is 0 Å². The van der Waals surface area contributed by atoms with Crippen molar-refractivity contribution in [2.45, 2.75) is 31.3 Å². The van der Waals surface area contributed by atoms with Crippen LogP contribution in [0.1, 0.15) is 36.9 Å². The summed E-state index contributed by atoms with van der Waals surface area (Å²) in [5.41, 5.74) is 1.91. The molecule has 4 heteroatoms. The van der Waals surface area contributed by atoms with Crippen LogP contribution in [-0.2, 0) is 14.3 Å². The van der Waals surface area contributed by atoms with E-state index in [-0.39, 0.29) is 18.4 Å². The predicted molar refractivity (Wildman–Crippen MR) is 104 cm³/mol. The molecule has 0 aromatic heterocycles. The van der Waals surface area contributed by atoms with Crippen molar-refractivity contribution in [3.05, 3.63) is 77.9 Å². The van der Waals surface area contributed by atoms with Gasteiger partial charge in [0, 0.05) is 19.4 Å². The summed E-state index contributed by atoms with van der Waals surface area (Å²) in [5, 5.41) is 0. The lowest BCUT2D eigenvalue weighted by Crippen LogP contribution is -2.58. The molecule has 4 nitrogen and oxygen atoms in total. The van der Waals surface area contributed by atoms with Crippen molar-refractivity contribution in [1.82, 2.24) is 4.90 Å². The molecular formula is C23H23NO3. The Balaban J connectivity index is 1.87. The summed E-state index contributed by atoms with van der Waals surface area (Å²) in [4.78, 5) is 28.1. The first-order chi connectivity index (χ1) is 13.2. The maximum absolute atomic E-state index is 13.1. The largest absolute Gasteiger partial charge is 0.464 e. The minimum Gasteiger partial charge on any atom is -0.464 e. The van der Waals surface area contributed by atoms with Gasteiger partial charge in [-0.25, -0.2) is 4.79 Å². The second kappa shape index (κ2) is 7.12. The van der Waals surface area contributed by atoms with Crippen LogP contribution in [0.2, 0.25) is 0 Å². The van der Waals surface area contributed by atoms with Crippen LogP contribution >= 0.6 is 0 Å². The number of hydrogen-bond donors (Lipinski definition) is 0. The summed E-state index contributed by atoms with van der Waals surface area (Å²) in [7, 11) is 0. The van der Waals surface area contributed by atoms with Crippen LogP contribution in [0, 0.1) is 0 Å². The Morgan fingerprint density at radius 3 is 2.44 bits per heavy atom. The Morgan fingerprint density at radius 1 is 1.11 bits per heavy atom. The number of rotatable bonds is 4. The quantitative estimate of drug-likeness (QED) is 0.614. The van der Waals surface area contributed by atoms with Crippen LogP contribution in [0.5, 0.6) is 0 Å². The van der Waals surface area contributed by atoms with Gasteiger partial charge in [0.25, 0.3) is 0 Å². The number of carbonyl (C=O) groups is 2. The number of benzene rings is 2. The predicted octanol–water partition coefficient (Wildman–Crippen LogP) is 3.79. The SMILES string of the molecule is CCOC(=O)[C@@]12CC(c3ccccc3)=C[C@H](c3ccccc3)N1CCC2=O. The van der Waals surface area contributed by atoms with E-state index < -0.39 is 11.5 Å². The average Bonchev–Trinajstić information content (AvgIpc) is 3.06. The molecule has 2 aromatic rings. The van der Waals surface area contributed by atoms with E-state index in [2.05, 4.69) is 6.08 Å². The summed E-state index contributed by atoms with van der Waals surface area (Å²) >= 11 is 0. The third kappa shape index (κ3) is 2.90. The van der Waals surface area contributed by atoms with Gasteiger partial charge in [-0.05, 0) is 23.6 Å². The van der Waals surface area contributed by atoms with Gasteiger partial charge >= 0.3 is 5.97 Å². The fraction of sp³-hybridized carbons (Fsp3) is 0.304. The fourth-order valence-corrected chi connectivity index (χ4v) is 4.30. The molecule has 0 amide bonds. The second-order valence-corrected chi connectivity index (χ2v) is 7.04. The molecule has 1 fully saturated rings. The number of Topliss-reactive ketones (excluding diaryl/α,β-unsaturated/α-hetero) is 1. The topological polar surface area (TPSA) is 46.6 Å². The molecule has 2 aliphatic heterocycles. The van der Waals surface area contributed by atoms with Crippen LogP contribution in [0.4, 0.5) is 0 Å². The molecule has 4 rings (SSSR count). The fourth-order valence-electron chi connectivity index (χ4n) is 4.30. The summed E-state index contributed by atoms with van der Waals surface area (Å²) in [6.45, 7) is 2.61. The third-order valence-corrected chi connectivity index (χ3v) is 5.57. The van der Waals surface area contributed by atoms with E-state index in [9.17, 15) is 9.59 Å². The van der Waals surface area contributed by atoms with Gasteiger partial charge in [0.1, 0.15) is 0 Å². The molecule has 0 spiro atoms. The summed E-state index contributed by atoms with van der Waals surface area (Å²) in [6.07, 6.45) is 2.93. The Labute approximate surface area is 159 Å². The van der Waals surface area contributed by atoms with Crippen LogP contribution in [-0.4, -0.2) is 35.3 Å². The van der Waals surface area contributed by atoms with Crippen LogP contribution in [0.3, 0.4) is 0 Å². The number of carbonyl (C=O) groups excluding carboxylic acids is 2. The minimum absolute atomic E-state index is 0.0385.